The Morgan fingerprint density at radius 1 is 1.17 bits per heavy atom. The third kappa shape index (κ3) is 2.81. The summed E-state index contributed by atoms with van der Waals surface area (Å²) in [5.74, 6) is -0.00924. The van der Waals surface area contributed by atoms with Crippen molar-refractivity contribution in [2.75, 3.05) is 16.8 Å². The molecule has 4 nitrogen and oxygen atoms in total. The van der Waals surface area contributed by atoms with Gasteiger partial charge in [0, 0.05) is 30.2 Å². The Hall–Kier alpha value is -2.36. The largest absolute Gasteiger partial charge is 0.382 e. The van der Waals surface area contributed by atoms with Crippen molar-refractivity contribution in [2.24, 2.45) is 0 Å². The summed E-state index contributed by atoms with van der Waals surface area (Å²) in [5.41, 5.74) is 3.78. The van der Waals surface area contributed by atoms with Crippen molar-refractivity contribution in [3.8, 4) is 0 Å². The van der Waals surface area contributed by atoms with Gasteiger partial charge in [0.15, 0.2) is 0 Å². The summed E-state index contributed by atoms with van der Waals surface area (Å²) in [5, 5.41) is 3.54. The Labute approximate surface area is 136 Å². The van der Waals surface area contributed by atoms with Crippen LogP contribution in [0.15, 0.2) is 42.6 Å². The molecular weight excluding hydrogens is 286 g/mol. The van der Waals surface area contributed by atoms with Gasteiger partial charge in [-0.3, -0.25) is 9.78 Å². The van der Waals surface area contributed by atoms with E-state index in [2.05, 4.69) is 16.4 Å². The number of amides is 1. The van der Waals surface area contributed by atoms with Gasteiger partial charge in [-0.15, -0.1) is 0 Å². The van der Waals surface area contributed by atoms with E-state index in [9.17, 15) is 4.79 Å². The van der Waals surface area contributed by atoms with Crippen molar-refractivity contribution in [1.82, 2.24) is 4.98 Å². The number of nitrogens with one attached hydrogen (secondary N) is 1. The van der Waals surface area contributed by atoms with Crippen LogP contribution in [0.4, 0.5) is 11.4 Å². The Balaban J connectivity index is 1.55. The summed E-state index contributed by atoms with van der Waals surface area (Å²) in [4.78, 5) is 19.0. The number of hydrogen-bond donors (Lipinski definition) is 1. The highest BCUT2D eigenvalue weighted by Gasteiger charge is 2.26. The minimum atomic E-state index is -0.00924. The van der Waals surface area contributed by atoms with Gasteiger partial charge in [0.2, 0.25) is 0 Å². The van der Waals surface area contributed by atoms with Crippen molar-refractivity contribution in [3.05, 3.63) is 53.9 Å². The van der Waals surface area contributed by atoms with Gasteiger partial charge in [-0.25, -0.2) is 0 Å². The first kappa shape index (κ1) is 14.2. The summed E-state index contributed by atoms with van der Waals surface area (Å²) >= 11 is 0. The predicted octanol–water partition coefficient (Wildman–Crippen LogP) is 3.64. The highest BCUT2D eigenvalue weighted by Crippen LogP contribution is 2.29. The molecule has 0 saturated heterocycles. The van der Waals surface area contributed by atoms with Gasteiger partial charge in [0.1, 0.15) is 5.69 Å². The lowest BCUT2D eigenvalue weighted by molar-refractivity contribution is 0.0984. The van der Waals surface area contributed by atoms with E-state index in [0.29, 0.717) is 11.7 Å². The molecule has 4 heteroatoms. The fourth-order valence-electron chi connectivity index (χ4n) is 3.63. The minimum absolute atomic E-state index is 0.00924. The number of anilines is 2. The van der Waals surface area contributed by atoms with Gasteiger partial charge in [0.05, 0.1) is 0 Å². The smallest absolute Gasteiger partial charge is 0.276 e. The highest BCUT2D eigenvalue weighted by molar-refractivity contribution is 6.06. The van der Waals surface area contributed by atoms with E-state index < -0.39 is 0 Å². The van der Waals surface area contributed by atoms with Gasteiger partial charge in [-0.1, -0.05) is 31.0 Å². The number of aromatic nitrogens is 1. The van der Waals surface area contributed by atoms with Crippen molar-refractivity contribution in [1.29, 1.82) is 0 Å². The topological polar surface area (TPSA) is 45.2 Å². The molecule has 0 unspecified atom stereocenters. The fraction of sp³-hybridized carbons (Fsp3) is 0.368. The van der Waals surface area contributed by atoms with Gasteiger partial charge >= 0.3 is 0 Å². The Morgan fingerprint density at radius 2 is 2.00 bits per heavy atom. The molecule has 0 atom stereocenters. The zero-order valence-corrected chi connectivity index (χ0v) is 13.2. The SMILES string of the molecule is O=C(c1cc(NC2CCCC2)ccn1)N1CCc2ccccc21. The van der Waals surface area contributed by atoms with Crippen LogP contribution in [-0.4, -0.2) is 23.5 Å². The lowest BCUT2D eigenvalue weighted by Crippen LogP contribution is -2.29. The normalized spacial score (nSPS) is 17.3. The van der Waals surface area contributed by atoms with Crippen LogP contribution in [0, 0.1) is 0 Å². The molecule has 1 N–H and O–H groups in total. The molecule has 0 radical (unpaired) electrons. The van der Waals surface area contributed by atoms with Crippen LogP contribution in [0.2, 0.25) is 0 Å². The quantitative estimate of drug-likeness (QED) is 0.941. The van der Waals surface area contributed by atoms with Crippen molar-refractivity contribution >= 4 is 17.3 Å². The third-order valence-electron chi connectivity index (χ3n) is 4.84. The number of pyridine rings is 1. The van der Waals surface area contributed by atoms with Gasteiger partial charge < -0.3 is 10.2 Å². The summed E-state index contributed by atoms with van der Waals surface area (Å²) in [6.45, 7) is 0.736. The predicted molar refractivity (Wildman–Crippen MR) is 91.9 cm³/mol. The first-order valence-electron chi connectivity index (χ1n) is 8.43. The van der Waals surface area contributed by atoms with E-state index in [4.69, 9.17) is 0 Å². The highest BCUT2D eigenvalue weighted by atomic mass is 16.2. The van der Waals surface area contributed by atoms with Crippen LogP contribution in [0.5, 0.6) is 0 Å². The monoisotopic (exact) mass is 307 g/mol. The van der Waals surface area contributed by atoms with Gasteiger partial charge in [0.25, 0.3) is 5.91 Å². The molecule has 118 valence electrons. The van der Waals surface area contributed by atoms with E-state index >= 15 is 0 Å². The van der Waals surface area contributed by atoms with E-state index in [1.54, 1.807) is 6.20 Å². The fourth-order valence-corrected chi connectivity index (χ4v) is 3.63. The molecule has 1 aliphatic heterocycles. The molecule has 1 saturated carbocycles. The average molecular weight is 307 g/mol. The molecule has 1 aromatic carbocycles. The second-order valence-electron chi connectivity index (χ2n) is 6.39. The van der Waals surface area contributed by atoms with E-state index in [1.807, 2.05) is 35.2 Å². The maximum absolute atomic E-state index is 12.8. The van der Waals surface area contributed by atoms with Crippen LogP contribution in [0.25, 0.3) is 0 Å². The second-order valence-corrected chi connectivity index (χ2v) is 6.39. The molecule has 1 aliphatic carbocycles. The van der Waals surface area contributed by atoms with Crippen molar-refractivity contribution < 1.29 is 4.79 Å². The zero-order chi connectivity index (χ0) is 15.6. The van der Waals surface area contributed by atoms with Crippen molar-refractivity contribution in [3.63, 3.8) is 0 Å². The summed E-state index contributed by atoms with van der Waals surface area (Å²) < 4.78 is 0. The molecule has 23 heavy (non-hydrogen) atoms. The maximum atomic E-state index is 12.8. The minimum Gasteiger partial charge on any atom is -0.382 e. The molecule has 4 rings (SSSR count). The molecule has 2 aliphatic rings. The molecule has 1 amide bonds. The number of benzene rings is 1. The maximum Gasteiger partial charge on any atom is 0.276 e. The zero-order valence-electron chi connectivity index (χ0n) is 13.2. The molecule has 0 spiro atoms. The molecule has 0 bridgehead atoms. The number of carbonyl (C=O) groups is 1. The van der Waals surface area contributed by atoms with Crippen LogP contribution >= 0.6 is 0 Å². The first-order valence-corrected chi connectivity index (χ1v) is 8.43. The van der Waals surface area contributed by atoms with Crippen LogP contribution < -0.4 is 10.2 Å². The molecule has 2 aromatic rings. The van der Waals surface area contributed by atoms with Gasteiger partial charge in [-0.2, -0.15) is 0 Å². The Morgan fingerprint density at radius 3 is 2.87 bits per heavy atom. The molecule has 1 aromatic heterocycles. The number of hydrogen-bond acceptors (Lipinski definition) is 3. The molecular formula is C19H21N3O. The first-order chi connectivity index (χ1) is 11.3. The number of rotatable bonds is 3. The molecule has 1 fully saturated rings. The van der Waals surface area contributed by atoms with Crippen LogP contribution in [0.3, 0.4) is 0 Å². The second kappa shape index (κ2) is 6.03. The summed E-state index contributed by atoms with van der Waals surface area (Å²) in [6, 6.07) is 12.5. The summed E-state index contributed by atoms with van der Waals surface area (Å²) in [7, 11) is 0. The Kier molecular flexibility index (Phi) is 3.74. The van der Waals surface area contributed by atoms with E-state index in [-0.39, 0.29) is 5.91 Å². The lowest BCUT2D eigenvalue weighted by Gasteiger charge is -2.18. The van der Waals surface area contributed by atoms with E-state index in [0.717, 1.165) is 24.3 Å². The standard InChI is InChI=1S/C19H21N3O/c23-19(22-12-10-14-5-1-4-8-18(14)22)17-13-16(9-11-20-17)21-15-6-2-3-7-15/h1,4-5,8-9,11,13,15H,2-3,6-7,10,12H2,(H,20,21). The lowest BCUT2D eigenvalue weighted by atomic mass is 10.2. The Bertz CT molecular complexity index is 722. The number of nitrogens with zero attached hydrogens (tertiary/aromatic N) is 2. The van der Waals surface area contributed by atoms with Crippen LogP contribution in [0.1, 0.15) is 41.7 Å². The average Bonchev–Trinajstić information content (AvgIpc) is 3.24. The van der Waals surface area contributed by atoms with Gasteiger partial charge in [-0.05, 0) is 43.0 Å². The number of carbonyl (C=O) groups excluding carboxylic acids is 1. The third-order valence-corrected chi connectivity index (χ3v) is 4.84. The van der Waals surface area contributed by atoms with E-state index in [1.165, 1.54) is 31.2 Å². The summed E-state index contributed by atoms with van der Waals surface area (Å²) in [6.07, 6.45) is 7.66. The molecule has 2 heterocycles. The number of fused-ring (bicyclic) bond motifs is 1. The van der Waals surface area contributed by atoms with Crippen LogP contribution in [-0.2, 0) is 6.42 Å². The number of para-hydroxylation sites is 1. The van der Waals surface area contributed by atoms with Crippen molar-refractivity contribution in [2.45, 2.75) is 38.1 Å².